The van der Waals surface area contributed by atoms with Crippen molar-refractivity contribution >= 4 is 13.7 Å². The Hall–Kier alpha value is -0.980. The molecule has 3 rings (SSSR count). The van der Waals surface area contributed by atoms with Gasteiger partial charge < -0.3 is 84.7 Å². The summed E-state index contributed by atoms with van der Waals surface area (Å²) < 4.78 is 42.5. The van der Waals surface area contributed by atoms with E-state index >= 15 is 0 Å². The molecule has 0 radical (unpaired) electrons. The SMILES string of the molecule is CC(=O)N[C@H]1[C@H](O[C@@H]2[C@H](O)[C@H](O[C@H]3[C@H](O)[C@@H](O)[C@H](O)O[C@@H]3CO)O[C@H](CO)[C@H]2O)O[C@H](COP(=O)(O)O)[C@@H](O)[C@@H]1O. The number of hydrogen-bond donors (Lipinski definition) is 12. The van der Waals surface area contributed by atoms with Crippen molar-refractivity contribution < 1.29 is 93.3 Å². The fourth-order valence-corrected chi connectivity index (χ4v) is 4.96. The highest BCUT2D eigenvalue weighted by Crippen LogP contribution is 2.37. The van der Waals surface area contributed by atoms with Crippen LogP contribution in [0.5, 0.6) is 0 Å². The summed E-state index contributed by atoms with van der Waals surface area (Å²) in [6, 6.07) is -1.58. The third kappa shape index (κ3) is 8.15. The molecule has 3 fully saturated rings. The second-order valence-corrected chi connectivity index (χ2v) is 10.9. The summed E-state index contributed by atoms with van der Waals surface area (Å²) in [5.74, 6) is -0.743. The molecule has 41 heavy (non-hydrogen) atoms. The Morgan fingerprint density at radius 1 is 0.732 bits per heavy atom. The van der Waals surface area contributed by atoms with Gasteiger partial charge in [0.2, 0.25) is 5.91 Å². The molecular weight excluding hydrogens is 589 g/mol. The lowest BCUT2D eigenvalue weighted by Gasteiger charge is -2.48. The quantitative estimate of drug-likeness (QED) is 0.100. The van der Waals surface area contributed by atoms with Gasteiger partial charge in [-0.2, -0.15) is 0 Å². The Kier molecular flexibility index (Phi) is 12.0. The zero-order valence-electron chi connectivity index (χ0n) is 21.4. The lowest BCUT2D eigenvalue weighted by atomic mass is 9.95. The third-order valence-corrected chi connectivity index (χ3v) is 7.21. The second kappa shape index (κ2) is 14.2. The molecule has 0 aromatic carbocycles. The summed E-state index contributed by atoms with van der Waals surface area (Å²) in [5.41, 5.74) is 0. The summed E-state index contributed by atoms with van der Waals surface area (Å²) in [4.78, 5) is 29.7. The fourth-order valence-electron chi connectivity index (χ4n) is 4.62. The van der Waals surface area contributed by atoms with Crippen LogP contribution in [0, 0.1) is 0 Å². The molecule has 0 saturated carbocycles. The standard InChI is InChI=1S/C20H36NO19P/c1-5(24)21-9-12(27)10(25)8(4-35-41(32,33)34)38-19(9)40-17-11(26)6(2-22)37-20(15(17)30)39-16-7(3-23)36-18(31)14(29)13(16)28/h6-20,22-23,25-31H,2-4H2,1H3,(H,21,24)(H2,32,33,34)/t6-,7-,8-,9-,10-,11-,12-,13-,14-,15+,16-,17+,18-,19+,20+/m1/s1. The van der Waals surface area contributed by atoms with E-state index in [0.29, 0.717) is 0 Å². The molecule has 240 valence electrons. The number of carbonyl (C=O) groups is 1. The van der Waals surface area contributed by atoms with Crippen LogP contribution in [0.15, 0.2) is 0 Å². The monoisotopic (exact) mass is 625 g/mol. The van der Waals surface area contributed by atoms with E-state index in [2.05, 4.69) is 9.84 Å². The van der Waals surface area contributed by atoms with Crippen LogP contribution in [0.25, 0.3) is 0 Å². The highest BCUT2D eigenvalue weighted by Gasteiger charge is 2.54. The van der Waals surface area contributed by atoms with Gasteiger partial charge in [-0.1, -0.05) is 0 Å². The number of carbonyl (C=O) groups excluding carboxylic acids is 1. The van der Waals surface area contributed by atoms with E-state index in [1.165, 1.54) is 0 Å². The van der Waals surface area contributed by atoms with Gasteiger partial charge in [0.15, 0.2) is 18.9 Å². The highest BCUT2D eigenvalue weighted by atomic mass is 31.2. The van der Waals surface area contributed by atoms with E-state index in [1.807, 2.05) is 0 Å². The largest absolute Gasteiger partial charge is 0.469 e. The van der Waals surface area contributed by atoms with Crippen molar-refractivity contribution in [1.82, 2.24) is 5.32 Å². The Morgan fingerprint density at radius 3 is 1.88 bits per heavy atom. The molecule has 0 spiro atoms. The lowest BCUT2D eigenvalue weighted by molar-refractivity contribution is -0.372. The molecule has 15 atom stereocenters. The number of hydrogen-bond acceptors (Lipinski definition) is 17. The van der Waals surface area contributed by atoms with Gasteiger partial charge in [0, 0.05) is 6.92 Å². The normalized spacial score (nSPS) is 45.8. The molecular formula is C20H36NO19P. The minimum atomic E-state index is -5.06. The molecule has 1 amide bonds. The summed E-state index contributed by atoms with van der Waals surface area (Å²) in [6.07, 6.45) is -25.1. The van der Waals surface area contributed by atoms with Crippen molar-refractivity contribution in [3.05, 3.63) is 0 Å². The van der Waals surface area contributed by atoms with Crippen molar-refractivity contribution in [3.8, 4) is 0 Å². The van der Waals surface area contributed by atoms with Crippen molar-refractivity contribution in [2.45, 2.75) is 99.0 Å². The van der Waals surface area contributed by atoms with E-state index in [9.17, 15) is 55.3 Å². The van der Waals surface area contributed by atoms with Crippen LogP contribution in [0.3, 0.4) is 0 Å². The van der Waals surface area contributed by atoms with E-state index in [0.717, 1.165) is 6.92 Å². The van der Waals surface area contributed by atoms with Crippen molar-refractivity contribution in [2.75, 3.05) is 19.8 Å². The van der Waals surface area contributed by atoms with Gasteiger partial charge in [-0.25, -0.2) is 4.57 Å². The summed E-state index contributed by atoms with van der Waals surface area (Å²) in [5, 5.41) is 94.3. The van der Waals surface area contributed by atoms with Crippen LogP contribution in [-0.2, 0) is 37.6 Å². The Bertz CT molecular complexity index is 908. The number of phosphoric ester groups is 1. The van der Waals surface area contributed by atoms with Crippen molar-refractivity contribution in [3.63, 3.8) is 0 Å². The van der Waals surface area contributed by atoms with Gasteiger partial charge in [0.05, 0.1) is 19.8 Å². The van der Waals surface area contributed by atoms with Crippen LogP contribution in [-0.4, -0.2) is 174 Å². The number of aliphatic hydroxyl groups excluding tert-OH is 9. The van der Waals surface area contributed by atoms with Crippen LogP contribution in [0.2, 0.25) is 0 Å². The summed E-state index contributed by atoms with van der Waals surface area (Å²) in [6.45, 7) is -1.63. The predicted octanol–water partition coefficient (Wildman–Crippen LogP) is -7.31. The first-order valence-corrected chi connectivity index (χ1v) is 13.8. The van der Waals surface area contributed by atoms with E-state index < -0.39 is 126 Å². The predicted molar refractivity (Wildman–Crippen MR) is 124 cm³/mol. The minimum absolute atomic E-state index is 0.743. The topological polar surface area (TPSA) is 324 Å². The number of aliphatic hydroxyl groups is 9. The first kappa shape index (κ1) is 34.5. The molecule has 0 bridgehead atoms. The molecule has 21 heteroatoms. The van der Waals surface area contributed by atoms with E-state index in [4.69, 9.17) is 33.5 Å². The Balaban J connectivity index is 1.85. The summed E-state index contributed by atoms with van der Waals surface area (Å²) >= 11 is 0. The molecule has 0 aromatic heterocycles. The molecule has 3 aliphatic rings. The molecule has 20 nitrogen and oxygen atoms in total. The van der Waals surface area contributed by atoms with Crippen molar-refractivity contribution in [1.29, 1.82) is 0 Å². The maximum Gasteiger partial charge on any atom is 0.469 e. The van der Waals surface area contributed by atoms with Gasteiger partial charge in [0.25, 0.3) is 0 Å². The zero-order chi connectivity index (χ0) is 30.8. The smallest absolute Gasteiger partial charge is 0.394 e. The van der Waals surface area contributed by atoms with Gasteiger partial charge in [-0.3, -0.25) is 9.32 Å². The maximum atomic E-state index is 11.8. The lowest BCUT2D eigenvalue weighted by Crippen LogP contribution is -2.68. The fraction of sp³-hybridized carbons (Fsp3) is 0.950. The van der Waals surface area contributed by atoms with Crippen LogP contribution < -0.4 is 5.32 Å². The molecule has 12 N–H and O–H groups in total. The van der Waals surface area contributed by atoms with Gasteiger partial charge >= 0.3 is 7.82 Å². The first-order valence-electron chi connectivity index (χ1n) is 12.3. The minimum Gasteiger partial charge on any atom is -0.394 e. The maximum absolute atomic E-state index is 11.8. The molecule has 0 aliphatic carbocycles. The molecule has 0 aromatic rings. The van der Waals surface area contributed by atoms with E-state index in [1.54, 1.807) is 0 Å². The Labute approximate surface area is 231 Å². The molecule has 3 saturated heterocycles. The molecule has 3 heterocycles. The summed E-state index contributed by atoms with van der Waals surface area (Å²) in [7, 11) is -5.06. The van der Waals surface area contributed by atoms with Gasteiger partial charge in [-0.15, -0.1) is 0 Å². The van der Waals surface area contributed by atoms with Crippen molar-refractivity contribution in [2.24, 2.45) is 0 Å². The number of ether oxygens (including phenoxy) is 5. The number of nitrogens with one attached hydrogen (secondary N) is 1. The first-order chi connectivity index (χ1) is 19.1. The zero-order valence-corrected chi connectivity index (χ0v) is 22.3. The third-order valence-electron chi connectivity index (χ3n) is 6.72. The number of phosphoric acid groups is 1. The molecule has 0 unspecified atom stereocenters. The van der Waals surface area contributed by atoms with Gasteiger partial charge in [0.1, 0.15) is 73.2 Å². The van der Waals surface area contributed by atoms with Gasteiger partial charge in [-0.05, 0) is 0 Å². The average Bonchev–Trinajstić information content (AvgIpc) is 2.90. The van der Waals surface area contributed by atoms with Crippen LogP contribution >= 0.6 is 7.82 Å². The van der Waals surface area contributed by atoms with E-state index in [-0.39, 0.29) is 0 Å². The number of amides is 1. The molecule has 3 aliphatic heterocycles. The average molecular weight is 625 g/mol. The highest BCUT2D eigenvalue weighted by molar-refractivity contribution is 7.46. The Morgan fingerprint density at radius 2 is 1.32 bits per heavy atom. The second-order valence-electron chi connectivity index (χ2n) is 9.67. The van der Waals surface area contributed by atoms with Crippen LogP contribution in [0.4, 0.5) is 0 Å². The van der Waals surface area contributed by atoms with Crippen LogP contribution in [0.1, 0.15) is 6.92 Å². The number of rotatable bonds is 10.